The van der Waals surface area contributed by atoms with Gasteiger partial charge in [-0.25, -0.2) is 4.39 Å². The summed E-state index contributed by atoms with van der Waals surface area (Å²) in [7, 11) is 0. The number of rotatable bonds is 3. The first kappa shape index (κ1) is 11.7. The van der Waals surface area contributed by atoms with Crippen LogP contribution in [-0.4, -0.2) is 10.2 Å². The number of nitrogens with two attached hydrogens (primary N) is 1. The zero-order chi connectivity index (χ0) is 12.4. The lowest BCUT2D eigenvalue weighted by Crippen LogP contribution is -2.08. The Bertz CT molecular complexity index is 512. The number of benzene rings is 1. The van der Waals surface area contributed by atoms with Gasteiger partial charge in [-0.2, -0.15) is 5.10 Å². The Morgan fingerprint density at radius 2 is 2.29 bits per heavy atom. The van der Waals surface area contributed by atoms with Gasteiger partial charge in [-0.1, -0.05) is 11.6 Å². The van der Waals surface area contributed by atoms with Crippen LogP contribution in [0.15, 0.2) is 24.5 Å². The molecule has 1 aromatic heterocycles. The molecule has 1 heterocycles. The second kappa shape index (κ2) is 4.63. The van der Waals surface area contributed by atoms with Crippen molar-refractivity contribution in [1.82, 2.24) is 10.2 Å². The standard InChI is InChI=1S/C11H12ClFN4/c1-6(7-4-15-16-5-7)17-11-3-9(13)8(12)2-10(11)14/h2-6,17H,14H2,1H3,(H,15,16). The van der Waals surface area contributed by atoms with Crippen LogP contribution < -0.4 is 11.1 Å². The van der Waals surface area contributed by atoms with Gasteiger partial charge in [-0.15, -0.1) is 0 Å². The minimum Gasteiger partial charge on any atom is -0.397 e. The first-order valence-corrected chi connectivity index (χ1v) is 5.45. The highest BCUT2D eigenvalue weighted by molar-refractivity contribution is 6.31. The van der Waals surface area contributed by atoms with Gasteiger partial charge in [0.1, 0.15) is 5.82 Å². The third kappa shape index (κ3) is 2.50. The molecule has 0 bridgehead atoms. The van der Waals surface area contributed by atoms with E-state index in [4.69, 9.17) is 17.3 Å². The van der Waals surface area contributed by atoms with Gasteiger partial charge >= 0.3 is 0 Å². The summed E-state index contributed by atoms with van der Waals surface area (Å²) in [5, 5.41) is 9.68. The van der Waals surface area contributed by atoms with E-state index in [2.05, 4.69) is 15.5 Å². The van der Waals surface area contributed by atoms with Gasteiger partial charge in [0.05, 0.1) is 28.6 Å². The molecule has 4 N–H and O–H groups in total. The summed E-state index contributed by atoms with van der Waals surface area (Å²) < 4.78 is 13.3. The Hall–Kier alpha value is -1.75. The highest BCUT2D eigenvalue weighted by Crippen LogP contribution is 2.28. The summed E-state index contributed by atoms with van der Waals surface area (Å²) in [5.41, 5.74) is 7.64. The van der Waals surface area contributed by atoms with Crippen LogP contribution in [-0.2, 0) is 0 Å². The third-order valence-electron chi connectivity index (χ3n) is 2.48. The zero-order valence-corrected chi connectivity index (χ0v) is 9.92. The number of anilines is 2. The topological polar surface area (TPSA) is 66.7 Å². The predicted octanol–water partition coefficient (Wildman–Crippen LogP) is 2.96. The van der Waals surface area contributed by atoms with Crippen molar-refractivity contribution in [2.45, 2.75) is 13.0 Å². The van der Waals surface area contributed by atoms with E-state index in [-0.39, 0.29) is 11.1 Å². The molecule has 17 heavy (non-hydrogen) atoms. The molecule has 0 aliphatic rings. The average molecular weight is 255 g/mol. The molecule has 1 aromatic carbocycles. The minimum absolute atomic E-state index is 0.0176. The van der Waals surface area contributed by atoms with E-state index < -0.39 is 5.82 Å². The SMILES string of the molecule is CC(Nc1cc(F)c(Cl)cc1N)c1cn[nH]c1. The molecule has 6 heteroatoms. The fraction of sp³-hybridized carbons (Fsp3) is 0.182. The van der Waals surface area contributed by atoms with Gasteiger partial charge < -0.3 is 11.1 Å². The second-order valence-electron chi connectivity index (χ2n) is 3.75. The monoisotopic (exact) mass is 254 g/mol. The Morgan fingerprint density at radius 1 is 1.53 bits per heavy atom. The molecule has 1 atom stereocenters. The predicted molar refractivity (Wildman–Crippen MR) is 66.4 cm³/mol. The first-order chi connectivity index (χ1) is 8.08. The first-order valence-electron chi connectivity index (χ1n) is 5.07. The zero-order valence-electron chi connectivity index (χ0n) is 9.17. The fourth-order valence-electron chi connectivity index (χ4n) is 1.50. The number of nitrogen functional groups attached to an aromatic ring is 1. The van der Waals surface area contributed by atoms with Crippen molar-refractivity contribution in [1.29, 1.82) is 0 Å². The Balaban J connectivity index is 2.22. The highest BCUT2D eigenvalue weighted by Gasteiger charge is 2.10. The molecule has 0 amide bonds. The summed E-state index contributed by atoms with van der Waals surface area (Å²) in [6.07, 6.45) is 3.46. The van der Waals surface area contributed by atoms with E-state index in [9.17, 15) is 4.39 Å². The summed E-state index contributed by atoms with van der Waals surface area (Å²) >= 11 is 5.62. The number of aromatic amines is 1. The number of aromatic nitrogens is 2. The van der Waals surface area contributed by atoms with E-state index in [0.29, 0.717) is 11.4 Å². The van der Waals surface area contributed by atoms with Crippen LogP contribution in [0.5, 0.6) is 0 Å². The minimum atomic E-state index is -0.497. The number of H-pyrrole nitrogens is 1. The lowest BCUT2D eigenvalue weighted by molar-refractivity contribution is 0.628. The normalized spacial score (nSPS) is 12.4. The number of nitrogens with one attached hydrogen (secondary N) is 2. The number of nitrogens with zero attached hydrogens (tertiary/aromatic N) is 1. The molecule has 2 aromatic rings. The quantitative estimate of drug-likeness (QED) is 0.738. The van der Waals surface area contributed by atoms with Crippen molar-refractivity contribution in [3.8, 4) is 0 Å². The maximum absolute atomic E-state index is 13.3. The fourth-order valence-corrected chi connectivity index (χ4v) is 1.67. The van der Waals surface area contributed by atoms with Gasteiger partial charge in [0.15, 0.2) is 0 Å². The summed E-state index contributed by atoms with van der Waals surface area (Å²) in [6, 6.07) is 2.65. The van der Waals surface area contributed by atoms with Gasteiger partial charge in [-0.3, -0.25) is 5.10 Å². The molecule has 0 fully saturated rings. The largest absolute Gasteiger partial charge is 0.397 e. The van der Waals surface area contributed by atoms with Crippen LogP contribution in [0.4, 0.5) is 15.8 Å². The van der Waals surface area contributed by atoms with Crippen molar-refractivity contribution in [3.63, 3.8) is 0 Å². The summed E-state index contributed by atoms with van der Waals surface area (Å²) in [6.45, 7) is 1.93. The summed E-state index contributed by atoms with van der Waals surface area (Å²) in [5.74, 6) is -0.497. The van der Waals surface area contributed by atoms with Crippen molar-refractivity contribution < 1.29 is 4.39 Å². The van der Waals surface area contributed by atoms with Crippen LogP contribution in [0.3, 0.4) is 0 Å². The maximum atomic E-state index is 13.3. The number of hydrogen-bond donors (Lipinski definition) is 3. The Morgan fingerprint density at radius 3 is 2.94 bits per heavy atom. The van der Waals surface area contributed by atoms with Crippen LogP contribution in [0, 0.1) is 5.82 Å². The number of hydrogen-bond acceptors (Lipinski definition) is 3. The van der Waals surface area contributed by atoms with Crippen LogP contribution in [0.25, 0.3) is 0 Å². The molecular formula is C11H12ClFN4. The van der Waals surface area contributed by atoms with E-state index >= 15 is 0 Å². The van der Waals surface area contributed by atoms with Crippen molar-refractivity contribution in [2.24, 2.45) is 0 Å². The lowest BCUT2D eigenvalue weighted by Gasteiger charge is -2.15. The van der Waals surface area contributed by atoms with Crippen LogP contribution in [0.2, 0.25) is 5.02 Å². The molecule has 0 saturated carbocycles. The molecule has 2 rings (SSSR count). The van der Waals surface area contributed by atoms with E-state index in [1.54, 1.807) is 12.4 Å². The molecule has 90 valence electrons. The summed E-state index contributed by atoms with van der Waals surface area (Å²) in [4.78, 5) is 0. The van der Waals surface area contributed by atoms with E-state index in [1.165, 1.54) is 12.1 Å². The van der Waals surface area contributed by atoms with Crippen molar-refractivity contribution >= 4 is 23.0 Å². The van der Waals surface area contributed by atoms with Crippen molar-refractivity contribution in [3.05, 3.63) is 40.9 Å². The van der Waals surface area contributed by atoms with Crippen LogP contribution in [0.1, 0.15) is 18.5 Å². The van der Waals surface area contributed by atoms with E-state index in [0.717, 1.165) is 5.56 Å². The molecule has 0 aliphatic carbocycles. The van der Waals surface area contributed by atoms with Gasteiger partial charge in [0.25, 0.3) is 0 Å². The smallest absolute Gasteiger partial charge is 0.143 e. The third-order valence-corrected chi connectivity index (χ3v) is 2.77. The van der Waals surface area contributed by atoms with Gasteiger partial charge in [-0.05, 0) is 13.0 Å². The van der Waals surface area contributed by atoms with E-state index in [1.807, 2.05) is 6.92 Å². The molecule has 0 radical (unpaired) electrons. The molecule has 0 aliphatic heterocycles. The Kier molecular flexibility index (Phi) is 3.19. The van der Waals surface area contributed by atoms with Crippen molar-refractivity contribution in [2.75, 3.05) is 11.1 Å². The molecule has 1 unspecified atom stereocenters. The van der Waals surface area contributed by atoms with Gasteiger partial charge in [0.2, 0.25) is 0 Å². The average Bonchev–Trinajstić information content (AvgIpc) is 2.79. The van der Waals surface area contributed by atoms with Crippen LogP contribution >= 0.6 is 11.6 Å². The maximum Gasteiger partial charge on any atom is 0.143 e. The number of halogens is 2. The molecule has 0 spiro atoms. The molecule has 4 nitrogen and oxygen atoms in total. The van der Waals surface area contributed by atoms with Gasteiger partial charge in [0, 0.05) is 17.8 Å². The second-order valence-corrected chi connectivity index (χ2v) is 4.16. The highest BCUT2D eigenvalue weighted by atomic mass is 35.5. The Labute approximate surface area is 103 Å². The lowest BCUT2D eigenvalue weighted by atomic mass is 10.1. The molecule has 0 saturated heterocycles. The molecular weight excluding hydrogens is 243 g/mol.